The van der Waals surface area contributed by atoms with E-state index in [0.29, 0.717) is 29.3 Å². The van der Waals surface area contributed by atoms with Gasteiger partial charge in [0.25, 0.3) is 5.56 Å². The Balaban J connectivity index is 1.71. The topological polar surface area (TPSA) is 104 Å². The van der Waals surface area contributed by atoms with Crippen LogP contribution in [0.25, 0.3) is 10.2 Å². The number of nitrogens with one attached hydrogen (secondary N) is 1. The summed E-state index contributed by atoms with van der Waals surface area (Å²) in [5, 5.41) is 4.59. The molecule has 3 aromatic heterocycles. The number of nitrogens with zero attached hydrogens (tertiary/aromatic N) is 4. The molecule has 9 nitrogen and oxygen atoms in total. The Labute approximate surface area is 169 Å². The highest BCUT2D eigenvalue weighted by Crippen LogP contribution is 2.41. The molecule has 0 bridgehead atoms. The largest absolute Gasteiger partial charge is 0.376 e. The molecular weight excluding hydrogens is 394 g/mol. The van der Waals surface area contributed by atoms with Gasteiger partial charge >= 0.3 is 11.4 Å². The van der Waals surface area contributed by atoms with Crippen LogP contribution >= 0.6 is 11.3 Å². The lowest BCUT2D eigenvalue weighted by Crippen LogP contribution is -2.41. The molecule has 10 heteroatoms. The molecule has 154 valence electrons. The monoisotopic (exact) mass is 417 g/mol. The van der Waals surface area contributed by atoms with Crippen molar-refractivity contribution in [1.29, 1.82) is 0 Å². The fourth-order valence-corrected chi connectivity index (χ4v) is 5.48. The standard InChI is InChI=1S/C19H23N5O4S/c1-10-6-13(10)24-16(25)15-11(2)14(8-23-18(26)20-9-21-23)29-17(15)22(19(24)27)7-12-4-3-5-28-12/h9-10,12-13H,3-8H2,1-2H3,(H,20,21,26)/t10-,12+,13-/m0/s1. The molecule has 3 atom stereocenters. The van der Waals surface area contributed by atoms with Crippen molar-refractivity contribution < 1.29 is 4.74 Å². The highest BCUT2D eigenvalue weighted by molar-refractivity contribution is 7.18. The Morgan fingerprint density at radius 1 is 1.34 bits per heavy atom. The van der Waals surface area contributed by atoms with Crippen molar-refractivity contribution in [2.45, 2.75) is 58.3 Å². The van der Waals surface area contributed by atoms with E-state index >= 15 is 0 Å². The molecule has 1 saturated carbocycles. The van der Waals surface area contributed by atoms with Crippen molar-refractivity contribution in [2.75, 3.05) is 6.61 Å². The van der Waals surface area contributed by atoms with Gasteiger partial charge in [0.05, 0.1) is 24.6 Å². The van der Waals surface area contributed by atoms with Gasteiger partial charge in [0.1, 0.15) is 11.2 Å². The molecule has 1 N–H and O–H groups in total. The molecule has 1 saturated heterocycles. The van der Waals surface area contributed by atoms with E-state index in [2.05, 4.69) is 17.0 Å². The fourth-order valence-electron chi connectivity index (χ4n) is 4.20. The summed E-state index contributed by atoms with van der Waals surface area (Å²) in [6.45, 7) is 5.36. The van der Waals surface area contributed by atoms with Crippen molar-refractivity contribution in [3.05, 3.63) is 48.1 Å². The van der Waals surface area contributed by atoms with Gasteiger partial charge in [-0.2, -0.15) is 5.10 Å². The van der Waals surface area contributed by atoms with Crippen LogP contribution < -0.4 is 16.9 Å². The minimum Gasteiger partial charge on any atom is -0.376 e. The molecule has 0 amide bonds. The summed E-state index contributed by atoms with van der Waals surface area (Å²) < 4.78 is 10.2. The molecular formula is C19H23N5O4S. The van der Waals surface area contributed by atoms with Gasteiger partial charge in [0.15, 0.2) is 0 Å². The van der Waals surface area contributed by atoms with Crippen LogP contribution in [0.4, 0.5) is 0 Å². The van der Waals surface area contributed by atoms with Gasteiger partial charge in [-0.3, -0.25) is 18.9 Å². The van der Waals surface area contributed by atoms with Gasteiger partial charge in [0.2, 0.25) is 0 Å². The van der Waals surface area contributed by atoms with E-state index in [1.54, 1.807) is 4.57 Å². The second kappa shape index (κ2) is 6.81. The highest BCUT2D eigenvalue weighted by atomic mass is 32.1. The molecule has 0 unspecified atom stereocenters. The lowest BCUT2D eigenvalue weighted by Gasteiger charge is -2.15. The van der Waals surface area contributed by atoms with Gasteiger partial charge in [-0.25, -0.2) is 14.3 Å². The molecule has 5 rings (SSSR count). The molecule has 4 heterocycles. The third-order valence-corrected chi connectivity index (χ3v) is 7.36. The van der Waals surface area contributed by atoms with Crippen LogP contribution in [0.2, 0.25) is 0 Å². The second-order valence-corrected chi connectivity index (χ2v) is 9.15. The summed E-state index contributed by atoms with van der Waals surface area (Å²) in [5.41, 5.74) is 0.0327. The van der Waals surface area contributed by atoms with E-state index in [1.165, 1.54) is 26.9 Å². The quantitative estimate of drug-likeness (QED) is 0.672. The number of aryl methyl sites for hydroxylation is 1. The minimum atomic E-state index is -0.303. The van der Waals surface area contributed by atoms with Crippen LogP contribution in [0.5, 0.6) is 0 Å². The van der Waals surface area contributed by atoms with Crippen molar-refractivity contribution in [3.8, 4) is 0 Å². The first-order chi connectivity index (χ1) is 14.0. The molecule has 3 aromatic rings. The fraction of sp³-hybridized carbons (Fsp3) is 0.579. The maximum Gasteiger partial charge on any atom is 0.343 e. The van der Waals surface area contributed by atoms with E-state index in [-0.39, 0.29) is 35.6 Å². The smallest absolute Gasteiger partial charge is 0.343 e. The molecule has 1 aliphatic heterocycles. The van der Waals surface area contributed by atoms with E-state index < -0.39 is 0 Å². The molecule has 29 heavy (non-hydrogen) atoms. The first-order valence-corrected chi connectivity index (χ1v) is 10.8. The van der Waals surface area contributed by atoms with Gasteiger partial charge in [-0.1, -0.05) is 6.92 Å². The molecule has 0 spiro atoms. The maximum atomic E-state index is 13.3. The average Bonchev–Trinajstić information content (AvgIpc) is 3.08. The lowest BCUT2D eigenvalue weighted by molar-refractivity contribution is 0.0966. The van der Waals surface area contributed by atoms with Gasteiger partial charge in [-0.05, 0) is 37.7 Å². The van der Waals surface area contributed by atoms with Crippen LogP contribution in [0, 0.1) is 12.8 Å². The van der Waals surface area contributed by atoms with Gasteiger partial charge in [-0.15, -0.1) is 11.3 Å². The van der Waals surface area contributed by atoms with Gasteiger partial charge < -0.3 is 4.74 Å². The Morgan fingerprint density at radius 2 is 2.14 bits per heavy atom. The van der Waals surface area contributed by atoms with Crippen molar-refractivity contribution >= 4 is 21.6 Å². The molecule has 1 aliphatic carbocycles. The average molecular weight is 417 g/mol. The normalized spacial score (nSPS) is 23.9. The lowest BCUT2D eigenvalue weighted by atomic mass is 10.2. The van der Waals surface area contributed by atoms with E-state index in [0.717, 1.165) is 29.7 Å². The predicted molar refractivity (Wildman–Crippen MR) is 109 cm³/mol. The highest BCUT2D eigenvalue weighted by Gasteiger charge is 2.38. The maximum absolute atomic E-state index is 13.3. The summed E-state index contributed by atoms with van der Waals surface area (Å²) in [7, 11) is 0. The Bertz CT molecular complexity index is 1260. The molecule has 0 radical (unpaired) electrons. The molecule has 0 aromatic carbocycles. The third kappa shape index (κ3) is 3.01. The number of hydrogen-bond donors (Lipinski definition) is 1. The summed E-state index contributed by atoms with van der Waals surface area (Å²) in [5.74, 6) is 0.329. The number of fused-ring (bicyclic) bond motifs is 1. The van der Waals surface area contributed by atoms with Crippen LogP contribution in [-0.4, -0.2) is 36.6 Å². The van der Waals surface area contributed by atoms with Crippen molar-refractivity contribution in [1.82, 2.24) is 23.9 Å². The predicted octanol–water partition coefficient (Wildman–Crippen LogP) is 1.23. The van der Waals surface area contributed by atoms with Crippen LogP contribution in [0.1, 0.15) is 42.7 Å². The Kier molecular flexibility index (Phi) is 4.36. The number of H-pyrrole nitrogens is 1. The second-order valence-electron chi connectivity index (χ2n) is 8.07. The number of hydrogen-bond acceptors (Lipinski definition) is 6. The summed E-state index contributed by atoms with van der Waals surface area (Å²) in [4.78, 5) is 42.5. The third-order valence-electron chi connectivity index (χ3n) is 6.06. The minimum absolute atomic E-state index is 0.0155. The Hall–Kier alpha value is -2.46. The zero-order valence-electron chi connectivity index (χ0n) is 16.4. The summed E-state index contributed by atoms with van der Waals surface area (Å²) >= 11 is 1.39. The van der Waals surface area contributed by atoms with E-state index in [9.17, 15) is 14.4 Å². The number of thiophene rings is 1. The van der Waals surface area contributed by atoms with Crippen LogP contribution in [0.15, 0.2) is 20.7 Å². The van der Waals surface area contributed by atoms with Crippen molar-refractivity contribution in [3.63, 3.8) is 0 Å². The van der Waals surface area contributed by atoms with Crippen molar-refractivity contribution in [2.24, 2.45) is 5.92 Å². The zero-order valence-corrected chi connectivity index (χ0v) is 17.2. The number of rotatable bonds is 5. The Morgan fingerprint density at radius 3 is 2.76 bits per heavy atom. The first-order valence-electron chi connectivity index (χ1n) is 9.95. The zero-order chi connectivity index (χ0) is 20.3. The SMILES string of the molecule is Cc1c(Cn2nc[nH]c2=O)sc2c1c(=O)n([C@H]1C[C@@H]1C)c(=O)n2C[C@H]1CCCO1. The van der Waals surface area contributed by atoms with E-state index in [1.807, 2.05) is 6.92 Å². The molecule has 2 fully saturated rings. The molecule has 2 aliphatic rings. The van der Waals surface area contributed by atoms with E-state index in [4.69, 9.17) is 4.74 Å². The van der Waals surface area contributed by atoms with Crippen LogP contribution in [-0.2, 0) is 17.8 Å². The first kappa shape index (κ1) is 18.6. The number of aromatic nitrogens is 5. The summed E-state index contributed by atoms with van der Waals surface area (Å²) in [6.07, 6.45) is 4.07. The number of aromatic amines is 1. The number of ether oxygens (including phenoxy) is 1. The summed E-state index contributed by atoms with van der Waals surface area (Å²) in [6, 6.07) is -0.0353. The van der Waals surface area contributed by atoms with Crippen LogP contribution in [0.3, 0.4) is 0 Å². The van der Waals surface area contributed by atoms with Gasteiger partial charge in [0, 0.05) is 17.5 Å².